The highest BCUT2D eigenvalue weighted by atomic mass is 16.1. The lowest BCUT2D eigenvalue weighted by Gasteiger charge is -2.45. The Labute approximate surface area is 142 Å². The standard InChI is InChI=1S/C19H22BN3O/c1-23-16(24)10-15(22-19(23)21)18-12-7-5-11(6-8-12)17(18)13-3-2-4-14(20)9-13/h2-5,7,9-12,17-18H,6,8,20H2,1H3,(H2,21,22). The van der Waals surface area contributed by atoms with E-state index in [2.05, 4.69) is 49.2 Å². The number of anilines is 1. The molecule has 4 atom stereocenters. The summed E-state index contributed by atoms with van der Waals surface area (Å²) in [6, 6.07) is 10.4. The van der Waals surface area contributed by atoms with Crippen molar-refractivity contribution in [2.75, 3.05) is 5.73 Å². The fraction of sp³-hybridized carbons (Fsp3) is 0.368. The lowest BCUT2D eigenvalue weighted by atomic mass is 9.59. The van der Waals surface area contributed by atoms with Crippen LogP contribution in [0.1, 0.15) is 35.9 Å². The van der Waals surface area contributed by atoms with Gasteiger partial charge in [0.2, 0.25) is 5.95 Å². The molecule has 1 saturated carbocycles. The van der Waals surface area contributed by atoms with Crippen molar-refractivity contribution in [3.63, 3.8) is 0 Å². The van der Waals surface area contributed by atoms with E-state index in [1.807, 2.05) is 0 Å². The molecule has 4 unspecified atom stereocenters. The molecule has 1 aromatic carbocycles. The summed E-state index contributed by atoms with van der Waals surface area (Å²) in [5.74, 6) is 1.83. The number of aromatic nitrogens is 2. The molecule has 4 nitrogen and oxygen atoms in total. The van der Waals surface area contributed by atoms with Crippen molar-refractivity contribution in [2.24, 2.45) is 18.9 Å². The molecule has 2 aromatic rings. The second kappa shape index (κ2) is 5.65. The number of hydrogen-bond donors (Lipinski definition) is 1. The first kappa shape index (κ1) is 15.2. The van der Waals surface area contributed by atoms with Crippen LogP contribution in [0.15, 0.2) is 47.3 Å². The van der Waals surface area contributed by atoms with Crippen molar-refractivity contribution in [1.29, 1.82) is 0 Å². The third-order valence-corrected chi connectivity index (χ3v) is 5.71. The number of hydrogen-bond acceptors (Lipinski definition) is 3. The lowest BCUT2D eigenvalue weighted by Crippen LogP contribution is -2.36. The quantitative estimate of drug-likeness (QED) is 0.666. The zero-order valence-electron chi connectivity index (χ0n) is 14.1. The summed E-state index contributed by atoms with van der Waals surface area (Å²) in [7, 11) is 3.79. The van der Waals surface area contributed by atoms with Crippen LogP contribution in [-0.2, 0) is 7.05 Å². The van der Waals surface area contributed by atoms with E-state index in [9.17, 15) is 4.79 Å². The minimum Gasteiger partial charge on any atom is -0.369 e. The molecular formula is C19H22BN3O. The van der Waals surface area contributed by atoms with Gasteiger partial charge in [-0.25, -0.2) is 4.98 Å². The second-order valence-corrected chi connectivity index (χ2v) is 7.19. The van der Waals surface area contributed by atoms with Gasteiger partial charge in [0.25, 0.3) is 5.56 Å². The molecule has 24 heavy (non-hydrogen) atoms. The van der Waals surface area contributed by atoms with Gasteiger partial charge in [0, 0.05) is 19.0 Å². The molecule has 1 fully saturated rings. The van der Waals surface area contributed by atoms with Crippen molar-refractivity contribution in [1.82, 2.24) is 9.55 Å². The molecule has 3 aliphatic rings. The summed E-state index contributed by atoms with van der Waals surface area (Å²) in [5, 5.41) is 0. The highest BCUT2D eigenvalue weighted by Crippen LogP contribution is 2.53. The first-order chi connectivity index (χ1) is 11.5. The molecular weight excluding hydrogens is 297 g/mol. The van der Waals surface area contributed by atoms with E-state index in [1.54, 1.807) is 13.1 Å². The van der Waals surface area contributed by atoms with Crippen LogP contribution in [0.5, 0.6) is 0 Å². The molecule has 2 bridgehead atoms. The Hall–Kier alpha value is -2.30. The monoisotopic (exact) mass is 319 g/mol. The predicted octanol–water partition coefficient (Wildman–Crippen LogP) is 1.08. The number of nitrogens with zero attached hydrogens (tertiary/aromatic N) is 2. The lowest BCUT2D eigenvalue weighted by molar-refractivity contribution is 0.236. The molecule has 3 aliphatic carbocycles. The van der Waals surface area contributed by atoms with Crippen LogP contribution >= 0.6 is 0 Å². The highest BCUT2D eigenvalue weighted by Gasteiger charge is 2.43. The first-order valence-electron chi connectivity index (χ1n) is 8.63. The largest absolute Gasteiger partial charge is 0.369 e. The topological polar surface area (TPSA) is 60.9 Å². The number of nitrogens with two attached hydrogens (primary N) is 1. The van der Waals surface area contributed by atoms with Crippen molar-refractivity contribution in [3.8, 4) is 0 Å². The molecule has 0 radical (unpaired) electrons. The van der Waals surface area contributed by atoms with E-state index in [1.165, 1.54) is 22.0 Å². The van der Waals surface area contributed by atoms with Gasteiger partial charge in [-0.2, -0.15) is 0 Å². The van der Waals surface area contributed by atoms with Gasteiger partial charge in [-0.15, -0.1) is 0 Å². The van der Waals surface area contributed by atoms with Gasteiger partial charge in [0.1, 0.15) is 7.85 Å². The van der Waals surface area contributed by atoms with Gasteiger partial charge >= 0.3 is 0 Å². The minimum atomic E-state index is -0.0779. The molecule has 0 spiro atoms. The van der Waals surface area contributed by atoms with Crippen LogP contribution in [-0.4, -0.2) is 17.4 Å². The average molecular weight is 319 g/mol. The fourth-order valence-electron chi connectivity index (χ4n) is 4.48. The number of fused-ring (bicyclic) bond motifs is 2. The maximum absolute atomic E-state index is 12.2. The summed E-state index contributed by atoms with van der Waals surface area (Å²) in [6.07, 6.45) is 7.05. The third-order valence-electron chi connectivity index (χ3n) is 5.71. The SMILES string of the molecule is Bc1cccc(C2C3C=CC(CC3)C2c2cc(=O)n(C)c(N)n2)c1. The average Bonchev–Trinajstić information content (AvgIpc) is 2.59. The van der Waals surface area contributed by atoms with Crippen LogP contribution in [0.3, 0.4) is 0 Å². The molecule has 1 heterocycles. The Morgan fingerprint density at radius 1 is 1.17 bits per heavy atom. The Morgan fingerprint density at radius 3 is 2.50 bits per heavy atom. The Kier molecular flexibility index (Phi) is 3.59. The normalized spacial score (nSPS) is 28.2. The van der Waals surface area contributed by atoms with Crippen LogP contribution in [0.25, 0.3) is 0 Å². The molecule has 122 valence electrons. The molecule has 1 aromatic heterocycles. The van der Waals surface area contributed by atoms with Gasteiger partial charge in [-0.3, -0.25) is 9.36 Å². The predicted molar refractivity (Wildman–Crippen MR) is 99.3 cm³/mol. The van der Waals surface area contributed by atoms with E-state index in [4.69, 9.17) is 5.73 Å². The van der Waals surface area contributed by atoms with Crippen molar-refractivity contribution in [2.45, 2.75) is 24.7 Å². The minimum absolute atomic E-state index is 0.0779. The Bertz CT molecular complexity index is 873. The van der Waals surface area contributed by atoms with E-state index >= 15 is 0 Å². The summed E-state index contributed by atoms with van der Waals surface area (Å²) in [5.41, 5.74) is 9.36. The number of nitrogen functional groups attached to an aromatic ring is 1. The number of rotatable bonds is 2. The smallest absolute Gasteiger partial charge is 0.254 e. The highest BCUT2D eigenvalue weighted by molar-refractivity contribution is 6.32. The molecule has 5 heteroatoms. The van der Waals surface area contributed by atoms with Gasteiger partial charge in [0.05, 0.1) is 5.69 Å². The zero-order chi connectivity index (χ0) is 16.8. The third kappa shape index (κ3) is 2.39. The molecule has 0 aliphatic heterocycles. The fourth-order valence-corrected chi connectivity index (χ4v) is 4.48. The van der Waals surface area contributed by atoms with Crippen LogP contribution in [0.4, 0.5) is 5.95 Å². The van der Waals surface area contributed by atoms with Crippen molar-refractivity contribution >= 4 is 19.3 Å². The Balaban J connectivity index is 1.85. The van der Waals surface area contributed by atoms with Crippen LogP contribution in [0.2, 0.25) is 0 Å². The van der Waals surface area contributed by atoms with Gasteiger partial charge in [-0.05, 0) is 36.2 Å². The first-order valence-corrected chi connectivity index (χ1v) is 8.63. The van der Waals surface area contributed by atoms with Crippen molar-refractivity contribution in [3.05, 3.63) is 64.1 Å². The van der Waals surface area contributed by atoms with Crippen LogP contribution in [0, 0.1) is 11.8 Å². The van der Waals surface area contributed by atoms with Gasteiger partial charge < -0.3 is 5.73 Å². The number of allylic oxidation sites excluding steroid dienone is 2. The van der Waals surface area contributed by atoms with E-state index in [0.717, 1.165) is 12.1 Å². The summed E-state index contributed by atoms with van der Waals surface area (Å²) in [4.78, 5) is 16.8. The summed E-state index contributed by atoms with van der Waals surface area (Å²) in [6.45, 7) is 0. The molecule has 2 N–H and O–H groups in total. The van der Waals surface area contributed by atoms with Crippen molar-refractivity contribution < 1.29 is 0 Å². The van der Waals surface area contributed by atoms with E-state index in [-0.39, 0.29) is 11.5 Å². The maximum atomic E-state index is 12.2. The van der Waals surface area contributed by atoms with Gasteiger partial charge in [0.15, 0.2) is 0 Å². The van der Waals surface area contributed by atoms with Gasteiger partial charge in [-0.1, -0.05) is 41.9 Å². The maximum Gasteiger partial charge on any atom is 0.254 e. The Morgan fingerprint density at radius 2 is 1.88 bits per heavy atom. The zero-order valence-corrected chi connectivity index (χ0v) is 14.1. The summed E-state index contributed by atoms with van der Waals surface area (Å²) >= 11 is 0. The summed E-state index contributed by atoms with van der Waals surface area (Å²) < 4.78 is 1.40. The number of benzene rings is 1. The molecule has 0 saturated heterocycles. The second-order valence-electron chi connectivity index (χ2n) is 7.19. The molecule has 5 rings (SSSR count). The molecule has 0 amide bonds. The van der Waals surface area contributed by atoms with Crippen LogP contribution < -0.4 is 16.8 Å². The van der Waals surface area contributed by atoms with E-state index < -0.39 is 0 Å². The van der Waals surface area contributed by atoms with E-state index in [0.29, 0.717) is 23.7 Å².